The van der Waals surface area contributed by atoms with Crippen LogP contribution in [0.25, 0.3) is 0 Å². The van der Waals surface area contributed by atoms with Crippen molar-refractivity contribution in [3.05, 3.63) is 65.7 Å². The molecule has 1 N–H and O–H groups in total. The molecule has 2 heterocycles. The maximum Gasteiger partial charge on any atom is 0.244 e. The molecule has 1 fully saturated rings. The molecule has 0 aliphatic carbocycles. The third-order valence-electron chi connectivity index (χ3n) is 5.19. The number of carbonyl (C=O) groups is 1. The van der Waals surface area contributed by atoms with E-state index in [-0.39, 0.29) is 4.90 Å². The summed E-state index contributed by atoms with van der Waals surface area (Å²) in [6.07, 6.45) is 1.95. The van der Waals surface area contributed by atoms with E-state index in [1.54, 1.807) is 42.5 Å². The van der Waals surface area contributed by atoms with Crippen LogP contribution in [0.3, 0.4) is 0 Å². The average molecular weight is 500 g/mol. The number of sulfonamides is 1. The minimum Gasteiger partial charge on any atom is -0.299 e. The van der Waals surface area contributed by atoms with E-state index in [4.69, 9.17) is 5.26 Å². The molecule has 1 unspecified atom stereocenters. The van der Waals surface area contributed by atoms with Crippen LogP contribution in [-0.4, -0.2) is 41.4 Å². The number of benzene rings is 2. The standard InChI is InChI=1S/C22H21N5O3S3/c23-14-16-9-11-17(12-10-16)15-31-22-26-25-21(32-22)24-20(28)19-8-4-5-13-27(19)33(29,30)18-6-2-1-3-7-18/h1-3,6-7,9-12,19H,4-5,8,13,15H2,(H,24,25,28). The van der Waals surface area contributed by atoms with Gasteiger partial charge in [0.25, 0.3) is 0 Å². The van der Waals surface area contributed by atoms with Gasteiger partial charge in [0, 0.05) is 12.3 Å². The lowest BCUT2D eigenvalue weighted by atomic mass is 10.0. The summed E-state index contributed by atoms with van der Waals surface area (Å²) in [4.78, 5) is 13.2. The van der Waals surface area contributed by atoms with Gasteiger partial charge in [-0.25, -0.2) is 8.42 Å². The van der Waals surface area contributed by atoms with Crippen molar-refractivity contribution in [3.8, 4) is 6.07 Å². The van der Waals surface area contributed by atoms with Gasteiger partial charge >= 0.3 is 0 Å². The highest BCUT2D eigenvalue weighted by Crippen LogP contribution is 2.30. The molecule has 1 saturated heterocycles. The van der Waals surface area contributed by atoms with Crippen molar-refractivity contribution in [1.29, 1.82) is 5.26 Å². The minimum atomic E-state index is -3.77. The Morgan fingerprint density at radius 2 is 1.91 bits per heavy atom. The van der Waals surface area contributed by atoms with Gasteiger partial charge in [-0.3, -0.25) is 10.1 Å². The largest absolute Gasteiger partial charge is 0.299 e. The van der Waals surface area contributed by atoms with E-state index >= 15 is 0 Å². The fourth-order valence-electron chi connectivity index (χ4n) is 3.51. The number of anilines is 1. The van der Waals surface area contributed by atoms with Crippen molar-refractivity contribution in [2.45, 2.75) is 40.3 Å². The van der Waals surface area contributed by atoms with Gasteiger partial charge in [-0.1, -0.05) is 59.9 Å². The fourth-order valence-corrected chi connectivity index (χ4v) is 6.90. The Hall–Kier alpha value is -2.78. The Labute approximate surface area is 200 Å². The molecule has 11 heteroatoms. The number of aromatic nitrogens is 2. The molecule has 1 aromatic heterocycles. The summed E-state index contributed by atoms with van der Waals surface area (Å²) in [5, 5.41) is 20.1. The van der Waals surface area contributed by atoms with Gasteiger partial charge in [-0.15, -0.1) is 10.2 Å². The van der Waals surface area contributed by atoms with Gasteiger partial charge in [-0.05, 0) is 42.7 Å². The number of carbonyl (C=O) groups excluding carboxylic acids is 1. The Bertz CT molecular complexity index is 1250. The first-order valence-corrected chi connectivity index (χ1v) is 13.5. The van der Waals surface area contributed by atoms with Gasteiger partial charge in [0.1, 0.15) is 6.04 Å². The molecule has 8 nitrogen and oxygen atoms in total. The lowest BCUT2D eigenvalue weighted by Crippen LogP contribution is -2.49. The molecule has 0 radical (unpaired) electrons. The molecule has 1 aliphatic rings. The van der Waals surface area contributed by atoms with Crippen LogP contribution in [-0.2, 0) is 20.6 Å². The number of nitrogens with one attached hydrogen (secondary N) is 1. The zero-order chi connectivity index (χ0) is 23.3. The predicted octanol–water partition coefficient (Wildman–Crippen LogP) is 3.88. The van der Waals surface area contributed by atoms with Crippen LogP contribution < -0.4 is 5.32 Å². The zero-order valence-corrected chi connectivity index (χ0v) is 20.0. The van der Waals surface area contributed by atoms with Crippen molar-refractivity contribution < 1.29 is 13.2 Å². The van der Waals surface area contributed by atoms with Gasteiger partial charge in [-0.2, -0.15) is 9.57 Å². The smallest absolute Gasteiger partial charge is 0.244 e. The van der Waals surface area contributed by atoms with Crippen LogP contribution in [0.4, 0.5) is 5.13 Å². The zero-order valence-electron chi connectivity index (χ0n) is 17.5. The average Bonchev–Trinajstić information content (AvgIpc) is 3.30. The predicted molar refractivity (Wildman–Crippen MR) is 127 cm³/mol. The van der Waals surface area contributed by atoms with Crippen LogP contribution >= 0.6 is 23.1 Å². The first kappa shape index (κ1) is 23.4. The number of piperidine rings is 1. The second kappa shape index (κ2) is 10.4. The SMILES string of the molecule is N#Cc1ccc(CSc2nnc(NC(=O)C3CCCCN3S(=O)(=O)c3ccccc3)s2)cc1. The maximum atomic E-state index is 13.1. The highest BCUT2D eigenvalue weighted by atomic mass is 32.2. The number of nitrogens with zero attached hydrogens (tertiary/aromatic N) is 4. The summed E-state index contributed by atoms with van der Waals surface area (Å²) in [6, 6.07) is 16.8. The van der Waals surface area contributed by atoms with Gasteiger partial charge < -0.3 is 0 Å². The van der Waals surface area contributed by atoms with Crippen molar-refractivity contribution in [2.24, 2.45) is 0 Å². The molecule has 2 aromatic carbocycles. The summed E-state index contributed by atoms with van der Waals surface area (Å²) in [5.74, 6) is 0.258. The van der Waals surface area contributed by atoms with E-state index in [0.717, 1.165) is 12.0 Å². The summed E-state index contributed by atoms with van der Waals surface area (Å²) in [7, 11) is -3.77. The highest BCUT2D eigenvalue weighted by Gasteiger charge is 2.37. The quantitative estimate of drug-likeness (QED) is 0.387. The summed E-state index contributed by atoms with van der Waals surface area (Å²) in [5.41, 5.74) is 1.65. The lowest BCUT2D eigenvalue weighted by Gasteiger charge is -2.33. The molecule has 1 aliphatic heterocycles. The van der Waals surface area contributed by atoms with Crippen LogP contribution in [0, 0.1) is 11.3 Å². The molecule has 33 heavy (non-hydrogen) atoms. The van der Waals surface area contributed by atoms with Crippen LogP contribution in [0.1, 0.15) is 30.4 Å². The fraction of sp³-hybridized carbons (Fsp3) is 0.273. The van der Waals surface area contributed by atoms with Crippen molar-refractivity contribution >= 4 is 44.2 Å². The summed E-state index contributed by atoms with van der Waals surface area (Å²) >= 11 is 2.72. The molecule has 170 valence electrons. The normalized spacial score (nSPS) is 16.8. The molecule has 4 rings (SSSR count). The molecule has 0 bridgehead atoms. The summed E-state index contributed by atoms with van der Waals surface area (Å²) in [6.45, 7) is 0.303. The third kappa shape index (κ3) is 5.59. The van der Waals surface area contributed by atoms with E-state index in [2.05, 4.69) is 21.6 Å². The Morgan fingerprint density at radius 3 is 2.64 bits per heavy atom. The minimum absolute atomic E-state index is 0.183. The Balaban J connectivity index is 1.40. The number of amides is 1. The van der Waals surface area contributed by atoms with Crippen molar-refractivity contribution in [3.63, 3.8) is 0 Å². The number of hydrogen-bond acceptors (Lipinski definition) is 8. The van der Waals surface area contributed by atoms with Gasteiger partial charge in [0.15, 0.2) is 4.34 Å². The number of hydrogen-bond donors (Lipinski definition) is 1. The Kier molecular flexibility index (Phi) is 7.39. The molecule has 1 amide bonds. The van der Waals surface area contributed by atoms with Crippen molar-refractivity contribution in [2.75, 3.05) is 11.9 Å². The second-order valence-corrected chi connectivity index (χ2v) is 11.5. The second-order valence-electron chi connectivity index (χ2n) is 7.40. The van der Waals surface area contributed by atoms with Crippen LogP contribution in [0.5, 0.6) is 0 Å². The topological polar surface area (TPSA) is 116 Å². The molecular weight excluding hydrogens is 478 g/mol. The van der Waals surface area contributed by atoms with Gasteiger partial charge in [0.05, 0.1) is 16.5 Å². The monoisotopic (exact) mass is 499 g/mol. The number of nitriles is 1. The molecule has 0 saturated carbocycles. The van der Waals surface area contributed by atoms with E-state index in [1.165, 1.54) is 27.4 Å². The van der Waals surface area contributed by atoms with Gasteiger partial charge in [0.2, 0.25) is 21.1 Å². The first-order valence-electron chi connectivity index (χ1n) is 10.3. The van der Waals surface area contributed by atoms with Crippen LogP contribution in [0.15, 0.2) is 63.8 Å². The highest BCUT2D eigenvalue weighted by molar-refractivity contribution is 8.00. The Morgan fingerprint density at radius 1 is 1.15 bits per heavy atom. The molecule has 1 atom stereocenters. The third-order valence-corrected chi connectivity index (χ3v) is 9.15. The first-order chi connectivity index (χ1) is 16.0. The van der Waals surface area contributed by atoms with E-state index < -0.39 is 22.0 Å². The van der Waals surface area contributed by atoms with E-state index in [0.29, 0.717) is 40.2 Å². The number of thioether (sulfide) groups is 1. The van der Waals surface area contributed by atoms with Crippen molar-refractivity contribution in [1.82, 2.24) is 14.5 Å². The molecular formula is C22H21N5O3S3. The lowest BCUT2D eigenvalue weighted by molar-refractivity contribution is -0.120. The summed E-state index contributed by atoms with van der Waals surface area (Å²) < 4.78 is 28.2. The van der Waals surface area contributed by atoms with E-state index in [1.807, 2.05) is 12.1 Å². The van der Waals surface area contributed by atoms with Crippen LogP contribution in [0.2, 0.25) is 0 Å². The molecule has 3 aromatic rings. The number of rotatable bonds is 7. The molecule has 0 spiro atoms. The maximum absolute atomic E-state index is 13.1. The van der Waals surface area contributed by atoms with E-state index in [9.17, 15) is 13.2 Å².